The molecule has 0 fully saturated rings. The molecule has 0 aromatic heterocycles. The van der Waals surface area contributed by atoms with Crippen molar-refractivity contribution < 1.29 is 33.0 Å². The molecule has 0 spiro atoms. The molecule has 212 valence electrons. The summed E-state index contributed by atoms with van der Waals surface area (Å²) in [6, 6.07) is 13.4. The van der Waals surface area contributed by atoms with Gasteiger partial charge in [0.05, 0.1) is 13.0 Å². The lowest BCUT2D eigenvalue weighted by molar-refractivity contribution is -0.159. The van der Waals surface area contributed by atoms with Crippen molar-refractivity contribution in [1.82, 2.24) is 15.8 Å². The fourth-order valence-electron chi connectivity index (χ4n) is 3.66. The number of carbonyl (C=O) groups excluding carboxylic acids is 4. The maximum Gasteiger partial charge on any atom is 0.407 e. The van der Waals surface area contributed by atoms with Crippen molar-refractivity contribution in [2.24, 2.45) is 0 Å². The van der Waals surface area contributed by atoms with Gasteiger partial charge in [-0.25, -0.2) is 19.0 Å². The minimum atomic E-state index is -1.16. The van der Waals surface area contributed by atoms with Gasteiger partial charge in [-0.15, -0.1) is 0 Å². The number of hydrazine groups is 1. The quantitative estimate of drug-likeness (QED) is 0.237. The molecule has 0 aliphatic carbocycles. The van der Waals surface area contributed by atoms with Crippen molar-refractivity contribution >= 4 is 23.9 Å². The Morgan fingerprint density at radius 2 is 1.62 bits per heavy atom. The van der Waals surface area contributed by atoms with Gasteiger partial charge in [-0.05, 0) is 63.8 Å². The number of halogens is 1. The molecule has 9 nitrogen and oxygen atoms in total. The summed E-state index contributed by atoms with van der Waals surface area (Å²) in [6.07, 6.45) is 0.309. The molecule has 0 heterocycles. The van der Waals surface area contributed by atoms with E-state index in [0.29, 0.717) is 24.9 Å². The van der Waals surface area contributed by atoms with Crippen LogP contribution in [0.5, 0.6) is 0 Å². The summed E-state index contributed by atoms with van der Waals surface area (Å²) in [5, 5.41) is 3.66. The molecule has 1 atom stereocenters. The second-order valence-corrected chi connectivity index (χ2v) is 9.95. The van der Waals surface area contributed by atoms with Gasteiger partial charge in [-0.1, -0.05) is 42.5 Å². The number of hydrogen-bond donors (Lipinski definition) is 2. The SMILES string of the molecule is CCOC(=O)C(Cc1ccc(F)cc1)N(NC(=O)Cc1ccccc1)C(=O)CCCCNC(=O)OC(C)(C)C. The van der Waals surface area contributed by atoms with Crippen LogP contribution in [0.3, 0.4) is 0 Å². The molecule has 1 unspecified atom stereocenters. The molecule has 0 saturated heterocycles. The molecular formula is C29H38FN3O6. The predicted molar refractivity (Wildman–Crippen MR) is 144 cm³/mol. The number of carbonyl (C=O) groups is 4. The summed E-state index contributed by atoms with van der Waals surface area (Å²) in [6.45, 7) is 7.30. The first-order valence-corrected chi connectivity index (χ1v) is 13.0. The number of amides is 3. The molecule has 2 aromatic carbocycles. The van der Waals surface area contributed by atoms with E-state index in [1.165, 1.54) is 24.3 Å². The average Bonchev–Trinajstić information content (AvgIpc) is 2.86. The van der Waals surface area contributed by atoms with Gasteiger partial charge in [0, 0.05) is 19.4 Å². The number of nitrogens with zero attached hydrogens (tertiary/aromatic N) is 1. The highest BCUT2D eigenvalue weighted by Gasteiger charge is 2.32. The van der Waals surface area contributed by atoms with Crippen LogP contribution in [0.2, 0.25) is 0 Å². The third kappa shape index (κ3) is 12.0. The Morgan fingerprint density at radius 1 is 0.949 bits per heavy atom. The molecule has 2 N–H and O–H groups in total. The van der Waals surface area contributed by atoms with Crippen LogP contribution in [-0.4, -0.2) is 53.7 Å². The fraction of sp³-hybridized carbons (Fsp3) is 0.448. The first-order valence-electron chi connectivity index (χ1n) is 13.0. The molecule has 0 radical (unpaired) electrons. The second kappa shape index (κ2) is 15.5. The van der Waals surface area contributed by atoms with E-state index >= 15 is 0 Å². The van der Waals surface area contributed by atoms with E-state index in [1.54, 1.807) is 52.0 Å². The minimum absolute atomic E-state index is 0.000931. The minimum Gasteiger partial charge on any atom is -0.464 e. The zero-order valence-corrected chi connectivity index (χ0v) is 23.0. The fourth-order valence-corrected chi connectivity index (χ4v) is 3.66. The van der Waals surface area contributed by atoms with Gasteiger partial charge in [-0.3, -0.25) is 15.0 Å². The monoisotopic (exact) mass is 543 g/mol. The Hall–Kier alpha value is -3.95. The molecule has 0 aliphatic heterocycles. The zero-order valence-electron chi connectivity index (χ0n) is 23.0. The Balaban J connectivity index is 2.14. The molecular weight excluding hydrogens is 505 g/mol. The van der Waals surface area contributed by atoms with Crippen LogP contribution in [0.15, 0.2) is 54.6 Å². The van der Waals surface area contributed by atoms with E-state index in [-0.39, 0.29) is 25.9 Å². The lowest BCUT2D eigenvalue weighted by atomic mass is 10.0. The Morgan fingerprint density at radius 3 is 2.23 bits per heavy atom. The number of alkyl carbamates (subject to hydrolysis) is 1. The van der Waals surface area contributed by atoms with Crippen LogP contribution in [-0.2, 0) is 36.7 Å². The van der Waals surface area contributed by atoms with Gasteiger partial charge in [0.2, 0.25) is 11.8 Å². The number of ether oxygens (including phenoxy) is 2. The molecule has 0 aliphatic rings. The standard InChI is InChI=1S/C29H38FN3O6/c1-5-38-27(36)24(19-22-14-16-23(30)17-15-22)33(32-25(34)20-21-11-7-6-8-12-21)26(35)13-9-10-18-31-28(37)39-29(2,3)4/h6-8,11-12,14-17,24H,5,9-10,13,18-20H2,1-4H3,(H,31,37)(H,32,34). The molecule has 2 aromatic rings. The van der Waals surface area contributed by atoms with Crippen molar-refractivity contribution in [2.45, 2.75) is 71.4 Å². The first kappa shape index (κ1) is 31.3. The van der Waals surface area contributed by atoms with Gasteiger partial charge in [0.25, 0.3) is 0 Å². The predicted octanol–water partition coefficient (Wildman–Crippen LogP) is 4.10. The molecule has 3 amide bonds. The highest BCUT2D eigenvalue weighted by atomic mass is 19.1. The normalized spacial score (nSPS) is 11.7. The van der Waals surface area contributed by atoms with E-state index in [1.807, 2.05) is 6.07 Å². The van der Waals surface area contributed by atoms with Crippen LogP contribution < -0.4 is 10.7 Å². The van der Waals surface area contributed by atoms with Crippen LogP contribution >= 0.6 is 0 Å². The van der Waals surface area contributed by atoms with Crippen LogP contribution in [0.1, 0.15) is 58.1 Å². The van der Waals surface area contributed by atoms with Gasteiger partial charge >= 0.3 is 12.1 Å². The van der Waals surface area contributed by atoms with Crippen LogP contribution in [0.4, 0.5) is 9.18 Å². The molecule has 10 heteroatoms. The van der Waals surface area contributed by atoms with E-state index < -0.39 is 41.3 Å². The van der Waals surface area contributed by atoms with Crippen molar-refractivity contribution in [3.8, 4) is 0 Å². The Labute approximate surface area is 229 Å². The Kier molecular flexibility index (Phi) is 12.4. The molecule has 2 rings (SSSR count). The largest absolute Gasteiger partial charge is 0.464 e. The maximum absolute atomic E-state index is 13.5. The number of benzene rings is 2. The summed E-state index contributed by atoms with van der Waals surface area (Å²) >= 11 is 0. The topological polar surface area (TPSA) is 114 Å². The third-order valence-electron chi connectivity index (χ3n) is 5.42. The lowest BCUT2D eigenvalue weighted by Gasteiger charge is -2.30. The third-order valence-corrected chi connectivity index (χ3v) is 5.42. The number of esters is 1. The van der Waals surface area contributed by atoms with Gasteiger partial charge in [0.1, 0.15) is 11.4 Å². The van der Waals surface area contributed by atoms with E-state index in [4.69, 9.17) is 9.47 Å². The van der Waals surface area contributed by atoms with E-state index in [9.17, 15) is 23.6 Å². The Bertz CT molecular complexity index is 1090. The highest BCUT2D eigenvalue weighted by Crippen LogP contribution is 2.14. The summed E-state index contributed by atoms with van der Waals surface area (Å²) in [4.78, 5) is 51.0. The zero-order chi connectivity index (χ0) is 28.8. The summed E-state index contributed by atoms with van der Waals surface area (Å²) in [5.74, 6) is -2.10. The van der Waals surface area contributed by atoms with Crippen molar-refractivity contribution in [1.29, 1.82) is 0 Å². The van der Waals surface area contributed by atoms with Crippen LogP contribution in [0.25, 0.3) is 0 Å². The van der Waals surface area contributed by atoms with Gasteiger partial charge < -0.3 is 14.8 Å². The van der Waals surface area contributed by atoms with E-state index in [2.05, 4.69) is 10.7 Å². The molecule has 0 bridgehead atoms. The van der Waals surface area contributed by atoms with Crippen LogP contribution in [0, 0.1) is 5.82 Å². The number of hydrogen-bond acceptors (Lipinski definition) is 6. The highest BCUT2D eigenvalue weighted by molar-refractivity contribution is 5.88. The van der Waals surface area contributed by atoms with E-state index in [0.717, 1.165) is 10.6 Å². The van der Waals surface area contributed by atoms with Gasteiger partial charge in [-0.2, -0.15) is 0 Å². The van der Waals surface area contributed by atoms with Crippen molar-refractivity contribution in [2.75, 3.05) is 13.2 Å². The number of nitrogens with one attached hydrogen (secondary N) is 2. The number of unbranched alkanes of at least 4 members (excludes halogenated alkanes) is 1. The number of rotatable bonds is 12. The summed E-state index contributed by atoms with van der Waals surface area (Å²) in [7, 11) is 0. The molecule has 0 saturated carbocycles. The summed E-state index contributed by atoms with van der Waals surface area (Å²) < 4.78 is 23.9. The average molecular weight is 544 g/mol. The second-order valence-electron chi connectivity index (χ2n) is 9.95. The van der Waals surface area contributed by atoms with Gasteiger partial charge in [0.15, 0.2) is 6.04 Å². The maximum atomic E-state index is 13.5. The van der Waals surface area contributed by atoms with Crippen molar-refractivity contribution in [3.05, 3.63) is 71.5 Å². The smallest absolute Gasteiger partial charge is 0.407 e. The summed E-state index contributed by atoms with van der Waals surface area (Å²) in [5.41, 5.74) is 3.31. The lowest BCUT2D eigenvalue weighted by Crippen LogP contribution is -2.56. The molecule has 39 heavy (non-hydrogen) atoms. The first-order chi connectivity index (χ1) is 18.5. The van der Waals surface area contributed by atoms with Crippen molar-refractivity contribution in [3.63, 3.8) is 0 Å².